The topological polar surface area (TPSA) is 69.2 Å². The first-order valence-electron chi connectivity index (χ1n) is 4.11. The Kier molecular flexibility index (Phi) is 3.31. The summed E-state index contributed by atoms with van der Waals surface area (Å²) < 4.78 is 0. The number of nitrogens with one attached hydrogen (secondary N) is 1. The average Bonchev–Trinajstić information content (AvgIpc) is 2.55. The lowest BCUT2D eigenvalue weighted by Crippen LogP contribution is -2.19. The van der Waals surface area contributed by atoms with E-state index in [4.69, 9.17) is 5.11 Å². The molecule has 0 aliphatic carbocycles. The second-order valence-corrected chi connectivity index (χ2v) is 2.86. The molecule has 1 rings (SSSR count). The van der Waals surface area contributed by atoms with Gasteiger partial charge in [0.25, 0.3) is 0 Å². The number of aromatic amines is 1. The Morgan fingerprint density at radius 3 is 3.08 bits per heavy atom. The van der Waals surface area contributed by atoms with E-state index in [1.165, 1.54) is 0 Å². The molecule has 0 spiro atoms. The van der Waals surface area contributed by atoms with E-state index in [-0.39, 0.29) is 6.42 Å². The summed E-state index contributed by atoms with van der Waals surface area (Å²) in [7, 11) is 1.90. The van der Waals surface area contributed by atoms with Crippen LogP contribution in [0.4, 0.5) is 5.82 Å². The van der Waals surface area contributed by atoms with E-state index in [2.05, 4.69) is 9.97 Å². The number of hydrogen-bond donors (Lipinski definition) is 2. The third-order valence-electron chi connectivity index (χ3n) is 1.78. The Bertz CT molecular complexity index is 258. The van der Waals surface area contributed by atoms with E-state index in [0.29, 0.717) is 13.0 Å². The van der Waals surface area contributed by atoms with Gasteiger partial charge in [0.2, 0.25) is 0 Å². The zero-order valence-corrected chi connectivity index (χ0v) is 7.53. The van der Waals surface area contributed by atoms with Crippen LogP contribution in [-0.2, 0) is 4.79 Å². The second-order valence-electron chi connectivity index (χ2n) is 2.86. The van der Waals surface area contributed by atoms with Crippen LogP contribution >= 0.6 is 0 Å². The molecule has 5 heteroatoms. The lowest BCUT2D eigenvalue weighted by Gasteiger charge is -2.15. The molecule has 0 aliphatic rings. The Labute approximate surface area is 76.4 Å². The molecule has 0 atom stereocenters. The van der Waals surface area contributed by atoms with Crippen molar-refractivity contribution in [2.45, 2.75) is 12.8 Å². The molecule has 1 heterocycles. The number of carboxylic acid groups (broad SMARTS) is 1. The number of imidazole rings is 1. The number of aromatic nitrogens is 2. The predicted octanol–water partition coefficient (Wildman–Crippen LogP) is 0.711. The van der Waals surface area contributed by atoms with Crippen molar-refractivity contribution in [2.24, 2.45) is 0 Å². The number of carboxylic acids is 1. The summed E-state index contributed by atoms with van der Waals surface area (Å²) in [5.41, 5.74) is 0. The van der Waals surface area contributed by atoms with Crippen molar-refractivity contribution in [3.05, 3.63) is 12.5 Å². The van der Waals surface area contributed by atoms with E-state index >= 15 is 0 Å². The van der Waals surface area contributed by atoms with Gasteiger partial charge in [-0.25, -0.2) is 4.98 Å². The number of nitrogens with zero attached hydrogens (tertiary/aromatic N) is 2. The van der Waals surface area contributed by atoms with Crippen molar-refractivity contribution in [3.63, 3.8) is 0 Å². The summed E-state index contributed by atoms with van der Waals surface area (Å²) in [4.78, 5) is 19.0. The predicted molar refractivity (Wildman–Crippen MR) is 48.7 cm³/mol. The van der Waals surface area contributed by atoms with Crippen LogP contribution < -0.4 is 4.90 Å². The van der Waals surface area contributed by atoms with Gasteiger partial charge in [-0.2, -0.15) is 0 Å². The Balaban J connectivity index is 2.26. The SMILES string of the molecule is CN(CCCC(=O)O)c1cnc[nH]1. The van der Waals surface area contributed by atoms with E-state index in [9.17, 15) is 4.79 Å². The monoisotopic (exact) mass is 183 g/mol. The van der Waals surface area contributed by atoms with Gasteiger partial charge in [0.1, 0.15) is 5.82 Å². The molecule has 13 heavy (non-hydrogen) atoms. The average molecular weight is 183 g/mol. The molecule has 5 nitrogen and oxygen atoms in total. The maximum Gasteiger partial charge on any atom is 0.303 e. The quantitative estimate of drug-likeness (QED) is 0.705. The normalized spacial score (nSPS) is 9.92. The molecule has 0 unspecified atom stereocenters. The van der Waals surface area contributed by atoms with Gasteiger partial charge >= 0.3 is 5.97 Å². The highest BCUT2D eigenvalue weighted by Gasteiger charge is 2.02. The first kappa shape index (κ1) is 9.57. The van der Waals surface area contributed by atoms with Gasteiger partial charge in [0.05, 0.1) is 12.5 Å². The minimum atomic E-state index is -0.752. The largest absolute Gasteiger partial charge is 0.481 e. The summed E-state index contributed by atoms with van der Waals surface area (Å²) in [5.74, 6) is 0.156. The van der Waals surface area contributed by atoms with Gasteiger partial charge < -0.3 is 15.0 Å². The molecule has 0 amide bonds. The number of aliphatic carboxylic acids is 1. The van der Waals surface area contributed by atoms with Crippen molar-refractivity contribution < 1.29 is 9.90 Å². The zero-order chi connectivity index (χ0) is 9.68. The van der Waals surface area contributed by atoms with Crippen LogP contribution in [0.1, 0.15) is 12.8 Å². The highest BCUT2D eigenvalue weighted by molar-refractivity contribution is 5.66. The minimum Gasteiger partial charge on any atom is -0.481 e. The van der Waals surface area contributed by atoms with Gasteiger partial charge in [0, 0.05) is 20.0 Å². The molecular formula is C8H13N3O2. The fourth-order valence-electron chi connectivity index (χ4n) is 1.05. The zero-order valence-electron chi connectivity index (χ0n) is 7.53. The molecule has 0 saturated heterocycles. The van der Waals surface area contributed by atoms with Gasteiger partial charge in [0.15, 0.2) is 0 Å². The molecule has 1 aromatic heterocycles. The smallest absolute Gasteiger partial charge is 0.303 e. The molecule has 2 N–H and O–H groups in total. The van der Waals surface area contributed by atoms with Crippen molar-refractivity contribution in [2.75, 3.05) is 18.5 Å². The van der Waals surface area contributed by atoms with Crippen molar-refractivity contribution in [3.8, 4) is 0 Å². The van der Waals surface area contributed by atoms with Gasteiger partial charge in [-0.05, 0) is 6.42 Å². The first-order valence-corrected chi connectivity index (χ1v) is 4.11. The first-order chi connectivity index (χ1) is 6.20. The standard InChI is InChI=1S/C8H13N3O2/c1-11(4-2-3-8(12)13)7-5-9-6-10-7/h5-6H,2-4H2,1H3,(H,9,10)(H,12,13). The van der Waals surface area contributed by atoms with Crippen molar-refractivity contribution in [1.29, 1.82) is 0 Å². The fourth-order valence-corrected chi connectivity index (χ4v) is 1.05. The minimum absolute atomic E-state index is 0.207. The maximum atomic E-state index is 10.2. The Morgan fingerprint density at radius 1 is 1.77 bits per heavy atom. The highest BCUT2D eigenvalue weighted by atomic mass is 16.4. The lowest BCUT2D eigenvalue weighted by atomic mass is 10.3. The molecule has 0 fully saturated rings. The van der Waals surface area contributed by atoms with Crippen LogP contribution in [0.25, 0.3) is 0 Å². The summed E-state index contributed by atoms with van der Waals surface area (Å²) in [6.45, 7) is 0.717. The third kappa shape index (κ3) is 3.14. The summed E-state index contributed by atoms with van der Waals surface area (Å²) in [6.07, 6.45) is 4.16. The van der Waals surface area contributed by atoms with Crippen molar-refractivity contribution in [1.82, 2.24) is 9.97 Å². The van der Waals surface area contributed by atoms with Crippen LogP contribution in [0, 0.1) is 0 Å². The Hall–Kier alpha value is -1.52. The second kappa shape index (κ2) is 4.49. The molecule has 72 valence electrons. The Morgan fingerprint density at radius 2 is 2.54 bits per heavy atom. The van der Waals surface area contributed by atoms with Gasteiger partial charge in [-0.3, -0.25) is 4.79 Å². The number of H-pyrrole nitrogens is 1. The number of anilines is 1. The van der Waals surface area contributed by atoms with Crippen molar-refractivity contribution >= 4 is 11.8 Å². The maximum absolute atomic E-state index is 10.2. The highest BCUT2D eigenvalue weighted by Crippen LogP contribution is 2.06. The third-order valence-corrected chi connectivity index (χ3v) is 1.78. The summed E-state index contributed by atoms with van der Waals surface area (Å²) in [6, 6.07) is 0. The van der Waals surface area contributed by atoms with Gasteiger partial charge in [-0.1, -0.05) is 0 Å². The summed E-state index contributed by atoms with van der Waals surface area (Å²) in [5, 5.41) is 8.42. The van der Waals surface area contributed by atoms with E-state index in [0.717, 1.165) is 5.82 Å². The number of rotatable bonds is 5. The van der Waals surface area contributed by atoms with Crippen LogP contribution in [-0.4, -0.2) is 34.6 Å². The molecule has 1 aromatic rings. The van der Waals surface area contributed by atoms with Crippen LogP contribution in [0.2, 0.25) is 0 Å². The summed E-state index contributed by atoms with van der Waals surface area (Å²) >= 11 is 0. The molecule has 0 aromatic carbocycles. The molecule has 0 radical (unpaired) electrons. The molecule has 0 aliphatic heterocycles. The number of carbonyl (C=O) groups is 1. The lowest BCUT2D eigenvalue weighted by molar-refractivity contribution is -0.137. The fraction of sp³-hybridized carbons (Fsp3) is 0.500. The van der Waals surface area contributed by atoms with Crippen LogP contribution in [0.5, 0.6) is 0 Å². The van der Waals surface area contributed by atoms with E-state index in [1.54, 1.807) is 12.5 Å². The van der Waals surface area contributed by atoms with E-state index < -0.39 is 5.97 Å². The van der Waals surface area contributed by atoms with Crippen LogP contribution in [0.15, 0.2) is 12.5 Å². The molecule has 0 saturated carbocycles. The molecular weight excluding hydrogens is 170 g/mol. The van der Waals surface area contributed by atoms with E-state index in [1.807, 2.05) is 11.9 Å². The number of hydrogen-bond acceptors (Lipinski definition) is 3. The van der Waals surface area contributed by atoms with Gasteiger partial charge in [-0.15, -0.1) is 0 Å². The molecule has 0 bridgehead atoms. The van der Waals surface area contributed by atoms with Crippen LogP contribution in [0.3, 0.4) is 0 Å².